The van der Waals surface area contributed by atoms with Gasteiger partial charge in [-0.15, -0.1) is 11.3 Å². The Labute approximate surface area is 329 Å². The molecule has 298 valence electrons. The van der Waals surface area contributed by atoms with Gasteiger partial charge in [0.15, 0.2) is 0 Å². The molecular formula is C39H46N6O9S2. The van der Waals surface area contributed by atoms with Crippen LogP contribution >= 0.6 is 11.3 Å². The van der Waals surface area contributed by atoms with Crippen molar-refractivity contribution >= 4 is 56.2 Å². The molecule has 1 aromatic carbocycles. The number of fused-ring (bicyclic) bond motifs is 3. The average Bonchev–Trinajstić information content (AvgIpc) is 4.05. The molecule has 0 unspecified atom stereocenters. The topological polar surface area (TPSA) is 195 Å². The fourth-order valence-corrected chi connectivity index (χ4v) is 9.84. The van der Waals surface area contributed by atoms with E-state index in [2.05, 4.69) is 15.4 Å². The summed E-state index contributed by atoms with van der Waals surface area (Å²) in [4.78, 5) is 68.0. The normalized spacial score (nSPS) is 28.2. The number of thiophene rings is 1. The Morgan fingerprint density at radius 2 is 1.75 bits per heavy atom. The zero-order chi connectivity index (χ0) is 38.9. The van der Waals surface area contributed by atoms with Gasteiger partial charge in [-0.05, 0) is 62.1 Å². The third-order valence-electron chi connectivity index (χ3n) is 11.1. The lowest BCUT2D eigenvalue weighted by Crippen LogP contribution is -2.58. The highest BCUT2D eigenvalue weighted by Crippen LogP contribution is 2.46. The summed E-state index contributed by atoms with van der Waals surface area (Å²) in [7, 11) is -3.90. The van der Waals surface area contributed by atoms with Crippen LogP contribution in [0.4, 0.5) is 4.79 Å². The number of ether oxygens (including phenoxy) is 3. The van der Waals surface area contributed by atoms with Gasteiger partial charge in [-0.3, -0.25) is 19.1 Å². The number of sulfonamides is 1. The van der Waals surface area contributed by atoms with Crippen LogP contribution in [0.15, 0.2) is 53.9 Å². The number of hydrogen-bond donors (Lipinski definition) is 3. The number of benzene rings is 1. The van der Waals surface area contributed by atoms with Crippen molar-refractivity contribution < 1.29 is 41.8 Å². The summed E-state index contributed by atoms with van der Waals surface area (Å²) in [5.74, 6) is -2.09. The van der Waals surface area contributed by atoms with E-state index in [-0.39, 0.29) is 31.4 Å². The Morgan fingerprint density at radius 1 is 0.964 bits per heavy atom. The highest BCUT2D eigenvalue weighted by molar-refractivity contribution is 7.91. The molecule has 2 saturated heterocycles. The predicted molar refractivity (Wildman–Crippen MR) is 206 cm³/mol. The van der Waals surface area contributed by atoms with Gasteiger partial charge in [0.05, 0.1) is 40.9 Å². The second-order valence-electron chi connectivity index (χ2n) is 15.3. The van der Waals surface area contributed by atoms with Crippen LogP contribution in [-0.4, -0.2) is 102 Å². The van der Waals surface area contributed by atoms with Crippen LogP contribution in [0.5, 0.6) is 5.88 Å². The summed E-state index contributed by atoms with van der Waals surface area (Å²) in [6, 6.07) is 9.10. The van der Waals surface area contributed by atoms with Crippen LogP contribution in [0.25, 0.3) is 21.6 Å². The number of aromatic nitrogens is 2. The Balaban J connectivity index is 1.10. The van der Waals surface area contributed by atoms with Crippen LogP contribution in [0.1, 0.15) is 70.6 Å². The lowest BCUT2D eigenvalue weighted by atomic mass is 10.0. The second kappa shape index (κ2) is 16.1. The number of para-hydroxylation sites is 2. The van der Waals surface area contributed by atoms with Gasteiger partial charge in [-0.1, -0.05) is 43.2 Å². The van der Waals surface area contributed by atoms with Crippen molar-refractivity contribution in [2.45, 2.75) is 106 Å². The van der Waals surface area contributed by atoms with E-state index in [1.807, 2.05) is 53.9 Å². The van der Waals surface area contributed by atoms with Crippen LogP contribution in [0.3, 0.4) is 0 Å². The molecule has 3 aliphatic heterocycles. The lowest BCUT2D eigenvalue weighted by molar-refractivity contribution is -0.141. The third kappa shape index (κ3) is 8.39. The van der Waals surface area contributed by atoms with Crippen molar-refractivity contribution in [3.05, 3.63) is 53.9 Å². The molecule has 8 rings (SSSR count). The summed E-state index contributed by atoms with van der Waals surface area (Å²) >= 11 is 1.47. The van der Waals surface area contributed by atoms with E-state index < -0.39 is 68.7 Å². The quantitative estimate of drug-likeness (QED) is 0.279. The number of carbonyl (C=O) groups is 4. The molecule has 4 amide bonds. The Bertz CT molecular complexity index is 2100. The molecule has 5 heterocycles. The van der Waals surface area contributed by atoms with Crippen molar-refractivity contribution in [2.75, 3.05) is 19.8 Å². The van der Waals surface area contributed by atoms with Crippen molar-refractivity contribution in [1.82, 2.24) is 30.2 Å². The summed E-state index contributed by atoms with van der Waals surface area (Å²) < 4.78 is 45.6. The molecule has 0 spiro atoms. The van der Waals surface area contributed by atoms with Gasteiger partial charge in [-0.2, -0.15) is 0 Å². The molecule has 2 aliphatic carbocycles. The third-order valence-corrected chi connectivity index (χ3v) is 13.8. The number of hydrogen-bond acceptors (Lipinski definition) is 12. The molecule has 4 fully saturated rings. The van der Waals surface area contributed by atoms with Crippen LogP contribution in [0.2, 0.25) is 0 Å². The fraction of sp³-hybridized carbons (Fsp3) is 0.538. The van der Waals surface area contributed by atoms with Gasteiger partial charge in [-0.25, -0.2) is 23.2 Å². The van der Waals surface area contributed by atoms with E-state index in [9.17, 15) is 27.6 Å². The molecule has 15 nitrogen and oxygen atoms in total. The maximum absolute atomic E-state index is 14.6. The lowest BCUT2D eigenvalue weighted by Gasteiger charge is -2.30. The van der Waals surface area contributed by atoms with Crippen molar-refractivity contribution in [1.29, 1.82) is 0 Å². The smallest absolute Gasteiger partial charge is 0.408 e. The van der Waals surface area contributed by atoms with Crippen LogP contribution < -0.4 is 20.1 Å². The highest BCUT2D eigenvalue weighted by atomic mass is 32.2. The summed E-state index contributed by atoms with van der Waals surface area (Å²) in [5.41, 5.74) is 0.303. The number of nitrogens with zero attached hydrogens (tertiary/aromatic N) is 3. The maximum atomic E-state index is 14.6. The molecule has 0 radical (unpaired) electrons. The van der Waals surface area contributed by atoms with Crippen LogP contribution in [0, 0.1) is 5.92 Å². The molecule has 5 atom stereocenters. The minimum Gasteiger partial charge on any atom is -0.471 e. The molecule has 5 aliphatic rings. The summed E-state index contributed by atoms with van der Waals surface area (Å²) in [5, 5.41) is 6.99. The molecule has 17 heteroatoms. The molecular weight excluding hydrogens is 761 g/mol. The van der Waals surface area contributed by atoms with E-state index >= 15 is 0 Å². The zero-order valence-electron chi connectivity index (χ0n) is 30.9. The molecule has 2 aromatic heterocycles. The van der Waals surface area contributed by atoms with E-state index in [1.165, 1.54) is 16.2 Å². The SMILES string of the molecule is O=C(N[C@H]1CCCCC/C=C\[C@@H]2C[C@@]2(C(=O)NS(=O)(=O)C2CC2)NC(=O)[C@@H]2C[C@@H](Oc3nc4ccccc4nc3-c3cccs3)CN2C1=O)OC1CCOCC1. The first kappa shape index (κ1) is 38.3. The van der Waals surface area contributed by atoms with E-state index in [4.69, 9.17) is 24.2 Å². The number of carbonyl (C=O) groups excluding carboxylic acids is 4. The maximum Gasteiger partial charge on any atom is 0.408 e. The Kier molecular flexibility index (Phi) is 11.0. The summed E-state index contributed by atoms with van der Waals surface area (Å²) in [6.07, 6.45) is 7.51. The Morgan fingerprint density at radius 3 is 2.50 bits per heavy atom. The Hall–Kier alpha value is -4.61. The number of nitrogens with one attached hydrogen (secondary N) is 3. The molecule has 2 saturated carbocycles. The number of rotatable bonds is 8. The van der Waals surface area contributed by atoms with Gasteiger partial charge < -0.3 is 29.7 Å². The minimum atomic E-state index is -3.90. The number of alkyl carbamates (subject to hydrolysis) is 1. The van der Waals surface area contributed by atoms with Gasteiger partial charge in [0.1, 0.15) is 35.5 Å². The van der Waals surface area contributed by atoms with E-state index in [1.54, 1.807) is 0 Å². The largest absolute Gasteiger partial charge is 0.471 e. The van der Waals surface area contributed by atoms with E-state index in [0.717, 1.165) is 17.7 Å². The second-order valence-corrected chi connectivity index (χ2v) is 18.2. The number of allylic oxidation sites excluding steroid dienone is 1. The highest BCUT2D eigenvalue weighted by Gasteiger charge is 2.62. The molecule has 56 heavy (non-hydrogen) atoms. The standard InChI is InChI=1S/C39H46N6O9S2/c46-34-31-21-26(53-35-33(32-13-8-20-55-32)40-28-10-6-7-11-29(28)41-35)23-45(31)36(47)30(42-38(49)54-25-16-18-52-19-17-25)12-5-3-1-2-4-9-24-22-39(24,43-34)37(48)44-56(50,51)27-14-15-27/h4,6-11,13,20,24-27,30-31H,1-3,5,12,14-19,21-23H2,(H,42,49)(H,43,46)(H,44,48)/b9-4-/t24-,26-,30+,31+,39-/m1/s1. The first-order valence-corrected chi connectivity index (χ1v) is 21.9. The molecule has 3 N–H and O–H groups in total. The summed E-state index contributed by atoms with van der Waals surface area (Å²) in [6.45, 7) is 0.924. The zero-order valence-corrected chi connectivity index (χ0v) is 32.5. The minimum absolute atomic E-state index is 0.0267. The van der Waals surface area contributed by atoms with Crippen molar-refractivity contribution in [3.8, 4) is 16.5 Å². The van der Waals surface area contributed by atoms with Crippen molar-refractivity contribution in [3.63, 3.8) is 0 Å². The fourth-order valence-electron chi connectivity index (χ4n) is 7.77. The average molecular weight is 807 g/mol. The van der Waals surface area contributed by atoms with Gasteiger partial charge >= 0.3 is 6.09 Å². The van der Waals surface area contributed by atoms with Crippen molar-refractivity contribution in [2.24, 2.45) is 5.92 Å². The first-order chi connectivity index (χ1) is 27.1. The number of amides is 4. The van der Waals surface area contributed by atoms with E-state index in [0.29, 0.717) is 74.9 Å². The first-order valence-electron chi connectivity index (χ1n) is 19.5. The molecule has 0 bridgehead atoms. The van der Waals surface area contributed by atoms with Crippen LogP contribution in [-0.2, 0) is 33.9 Å². The molecule has 3 aromatic rings. The predicted octanol–water partition coefficient (Wildman–Crippen LogP) is 3.98. The van der Waals surface area contributed by atoms with Gasteiger partial charge in [0, 0.05) is 25.2 Å². The van der Waals surface area contributed by atoms with Gasteiger partial charge in [0.25, 0.3) is 5.91 Å². The van der Waals surface area contributed by atoms with Gasteiger partial charge in [0.2, 0.25) is 27.7 Å². The monoisotopic (exact) mass is 806 g/mol.